The van der Waals surface area contributed by atoms with E-state index in [1.165, 1.54) is 0 Å². The molecule has 0 radical (unpaired) electrons. The van der Waals surface area contributed by atoms with Crippen molar-refractivity contribution in [1.82, 2.24) is 16.0 Å². The normalized spacial score (nSPS) is 15.0. The molecule has 0 fully saturated rings. The molecule has 4 unspecified atom stereocenters. The molecule has 0 aromatic carbocycles. The van der Waals surface area contributed by atoms with Crippen molar-refractivity contribution in [2.24, 2.45) is 17.4 Å². The summed E-state index contributed by atoms with van der Waals surface area (Å²) in [5, 5.41) is 24.6. The minimum atomic E-state index is -1.40. The van der Waals surface area contributed by atoms with Crippen LogP contribution in [0.3, 0.4) is 0 Å². The number of primary amides is 1. The second kappa shape index (κ2) is 11.8. The number of carbonyl (C=O) groups is 5. The first-order chi connectivity index (χ1) is 12.5. The van der Waals surface area contributed by atoms with E-state index in [2.05, 4.69) is 16.0 Å². The molecule has 0 bridgehead atoms. The van der Waals surface area contributed by atoms with Crippen LogP contribution in [0, 0.1) is 5.92 Å². The minimum Gasteiger partial charge on any atom is -0.480 e. The monoisotopic (exact) mass is 389 g/mol. The van der Waals surface area contributed by atoms with Crippen molar-refractivity contribution in [2.45, 2.75) is 44.8 Å². The number of aliphatic hydroxyl groups is 1. The number of hydrogen-bond acceptors (Lipinski definition) is 7. The van der Waals surface area contributed by atoms with E-state index in [0.717, 1.165) is 0 Å². The van der Waals surface area contributed by atoms with Crippen molar-refractivity contribution in [1.29, 1.82) is 0 Å². The Morgan fingerprint density at radius 1 is 1.07 bits per heavy atom. The van der Waals surface area contributed by atoms with Crippen LogP contribution in [0.1, 0.15) is 26.7 Å². The number of hydrogen-bond donors (Lipinski definition) is 7. The molecule has 27 heavy (non-hydrogen) atoms. The van der Waals surface area contributed by atoms with Gasteiger partial charge in [-0.25, -0.2) is 4.79 Å². The summed E-state index contributed by atoms with van der Waals surface area (Å²) >= 11 is 0. The molecule has 12 heteroatoms. The fraction of sp³-hybridized carbons (Fsp3) is 0.667. The summed E-state index contributed by atoms with van der Waals surface area (Å²) in [7, 11) is 0. The first kappa shape index (κ1) is 24.3. The van der Waals surface area contributed by atoms with Crippen molar-refractivity contribution in [2.75, 3.05) is 13.2 Å². The molecule has 9 N–H and O–H groups in total. The number of carboxylic acids is 1. The number of carbonyl (C=O) groups excluding carboxylic acids is 4. The van der Waals surface area contributed by atoms with E-state index in [0.29, 0.717) is 6.42 Å². The summed E-state index contributed by atoms with van der Waals surface area (Å²) in [6.45, 7) is 2.17. The number of nitrogens with two attached hydrogens (primary N) is 2. The quantitative estimate of drug-likeness (QED) is 0.176. The van der Waals surface area contributed by atoms with Gasteiger partial charge < -0.3 is 37.6 Å². The molecule has 0 aliphatic heterocycles. The van der Waals surface area contributed by atoms with E-state index in [1.807, 2.05) is 0 Å². The Morgan fingerprint density at radius 2 is 1.67 bits per heavy atom. The molecule has 0 saturated heterocycles. The van der Waals surface area contributed by atoms with Crippen molar-refractivity contribution in [3.05, 3.63) is 0 Å². The van der Waals surface area contributed by atoms with Crippen LogP contribution in [0.15, 0.2) is 0 Å². The average molecular weight is 389 g/mol. The summed E-state index contributed by atoms with van der Waals surface area (Å²) in [6, 6.07) is -3.82. The molecule has 0 spiro atoms. The first-order valence-corrected chi connectivity index (χ1v) is 8.28. The third-order valence-electron chi connectivity index (χ3n) is 3.79. The maximum absolute atomic E-state index is 12.1. The summed E-state index contributed by atoms with van der Waals surface area (Å²) in [5.74, 6) is -4.96. The summed E-state index contributed by atoms with van der Waals surface area (Å²) in [5.41, 5.74) is 10.3. The highest BCUT2D eigenvalue weighted by Gasteiger charge is 2.27. The SMILES string of the molecule is CCC(C)C(NC(=O)CNC(=O)C(CC(N)=O)NC(=O)C(N)CO)C(=O)O. The fourth-order valence-electron chi connectivity index (χ4n) is 1.97. The van der Waals surface area contributed by atoms with Gasteiger partial charge in [0.05, 0.1) is 19.6 Å². The van der Waals surface area contributed by atoms with Gasteiger partial charge in [-0.15, -0.1) is 0 Å². The number of nitrogens with one attached hydrogen (secondary N) is 3. The maximum Gasteiger partial charge on any atom is 0.326 e. The topological polar surface area (TPSA) is 214 Å². The van der Waals surface area contributed by atoms with Gasteiger partial charge in [0, 0.05) is 0 Å². The van der Waals surface area contributed by atoms with Crippen LogP contribution < -0.4 is 27.4 Å². The number of aliphatic carboxylic acids is 1. The molecule has 0 aromatic heterocycles. The van der Waals surface area contributed by atoms with Gasteiger partial charge in [0.2, 0.25) is 23.6 Å². The van der Waals surface area contributed by atoms with Gasteiger partial charge >= 0.3 is 5.97 Å². The molecular weight excluding hydrogens is 362 g/mol. The van der Waals surface area contributed by atoms with E-state index in [9.17, 15) is 24.0 Å². The van der Waals surface area contributed by atoms with Crippen LogP contribution >= 0.6 is 0 Å². The van der Waals surface area contributed by atoms with Gasteiger partial charge in [0.25, 0.3) is 0 Å². The van der Waals surface area contributed by atoms with Crippen molar-refractivity contribution >= 4 is 29.6 Å². The molecule has 12 nitrogen and oxygen atoms in total. The van der Waals surface area contributed by atoms with Crippen LogP contribution in [0.4, 0.5) is 0 Å². The maximum atomic E-state index is 12.1. The molecular formula is C15H27N5O7. The number of rotatable bonds is 12. The lowest BCUT2D eigenvalue weighted by Gasteiger charge is -2.21. The zero-order chi connectivity index (χ0) is 21.1. The molecule has 0 rings (SSSR count). The Balaban J connectivity index is 4.83. The predicted molar refractivity (Wildman–Crippen MR) is 92.8 cm³/mol. The van der Waals surface area contributed by atoms with Gasteiger partial charge in [0.1, 0.15) is 18.1 Å². The fourth-order valence-corrected chi connectivity index (χ4v) is 1.97. The summed E-state index contributed by atoms with van der Waals surface area (Å²) < 4.78 is 0. The van der Waals surface area contributed by atoms with Crippen LogP contribution in [-0.2, 0) is 24.0 Å². The third kappa shape index (κ3) is 8.96. The molecule has 154 valence electrons. The molecule has 0 aromatic rings. The highest BCUT2D eigenvalue weighted by Crippen LogP contribution is 2.07. The van der Waals surface area contributed by atoms with E-state index < -0.39 is 67.3 Å². The van der Waals surface area contributed by atoms with Crippen LogP contribution in [0.25, 0.3) is 0 Å². The zero-order valence-electron chi connectivity index (χ0n) is 15.2. The lowest BCUT2D eigenvalue weighted by atomic mass is 9.99. The summed E-state index contributed by atoms with van der Waals surface area (Å²) in [4.78, 5) is 57.9. The second-order valence-electron chi connectivity index (χ2n) is 6.01. The first-order valence-electron chi connectivity index (χ1n) is 8.28. The molecule has 4 amide bonds. The molecule has 0 heterocycles. The Hall–Kier alpha value is -2.73. The number of aliphatic hydroxyl groups excluding tert-OH is 1. The van der Waals surface area contributed by atoms with Gasteiger partial charge in [-0.2, -0.15) is 0 Å². The Kier molecular flexibility index (Phi) is 10.6. The average Bonchev–Trinajstić information content (AvgIpc) is 2.61. The predicted octanol–water partition coefficient (Wildman–Crippen LogP) is -3.60. The van der Waals surface area contributed by atoms with Gasteiger partial charge in [-0.05, 0) is 5.92 Å². The number of carboxylic acid groups (broad SMARTS) is 1. The van der Waals surface area contributed by atoms with E-state index >= 15 is 0 Å². The lowest BCUT2D eigenvalue weighted by Crippen LogP contribution is -2.55. The van der Waals surface area contributed by atoms with Crippen LogP contribution in [0.5, 0.6) is 0 Å². The van der Waals surface area contributed by atoms with Crippen molar-refractivity contribution in [3.8, 4) is 0 Å². The molecule has 0 aliphatic carbocycles. The smallest absolute Gasteiger partial charge is 0.326 e. The Bertz CT molecular complexity index is 569. The zero-order valence-corrected chi connectivity index (χ0v) is 15.2. The van der Waals surface area contributed by atoms with Gasteiger partial charge in [0.15, 0.2) is 0 Å². The minimum absolute atomic E-state index is 0.330. The van der Waals surface area contributed by atoms with E-state index in [1.54, 1.807) is 13.8 Å². The van der Waals surface area contributed by atoms with Gasteiger partial charge in [-0.1, -0.05) is 20.3 Å². The third-order valence-corrected chi connectivity index (χ3v) is 3.79. The number of amides is 4. The molecule has 4 atom stereocenters. The Labute approximate surface area is 156 Å². The molecule has 0 aliphatic rings. The van der Waals surface area contributed by atoms with E-state index in [4.69, 9.17) is 21.7 Å². The van der Waals surface area contributed by atoms with Crippen LogP contribution in [-0.4, -0.2) is 71.1 Å². The van der Waals surface area contributed by atoms with Gasteiger partial charge in [-0.3, -0.25) is 19.2 Å². The van der Waals surface area contributed by atoms with Crippen LogP contribution in [0.2, 0.25) is 0 Å². The molecule has 0 saturated carbocycles. The second-order valence-corrected chi connectivity index (χ2v) is 6.01. The highest BCUT2D eigenvalue weighted by molar-refractivity contribution is 5.95. The summed E-state index contributed by atoms with van der Waals surface area (Å²) in [6.07, 6.45) is -0.0383. The largest absolute Gasteiger partial charge is 0.480 e. The van der Waals surface area contributed by atoms with Crippen molar-refractivity contribution < 1.29 is 34.2 Å². The Morgan fingerprint density at radius 3 is 2.11 bits per heavy atom. The highest BCUT2D eigenvalue weighted by atomic mass is 16.4. The van der Waals surface area contributed by atoms with Crippen molar-refractivity contribution in [3.63, 3.8) is 0 Å². The standard InChI is InChI=1S/C15H27N5O7/c1-3-7(2)12(15(26)27)20-11(23)5-18-14(25)9(4-10(17)22)19-13(24)8(16)6-21/h7-9,12,21H,3-6,16H2,1-2H3,(H2,17,22)(H,18,25)(H,19,24)(H,20,23)(H,26,27). The lowest BCUT2D eigenvalue weighted by molar-refractivity contribution is -0.143. The van der Waals surface area contributed by atoms with E-state index in [-0.39, 0.29) is 5.92 Å².